The Kier molecular flexibility index (Phi) is 7.93. The highest BCUT2D eigenvalue weighted by molar-refractivity contribution is 8.26. The van der Waals surface area contributed by atoms with Crippen LogP contribution in [0.3, 0.4) is 0 Å². The van der Waals surface area contributed by atoms with Crippen LogP contribution >= 0.6 is 47.2 Å². The molecule has 2 heterocycles. The van der Waals surface area contributed by atoms with Gasteiger partial charge < -0.3 is 14.8 Å². The van der Waals surface area contributed by atoms with E-state index in [9.17, 15) is 9.59 Å². The number of benzene rings is 2. The fraction of sp³-hybridized carbons (Fsp3) is 0.261. The molecule has 0 unspecified atom stereocenters. The lowest BCUT2D eigenvalue weighted by Crippen LogP contribution is -2.35. The summed E-state index contributed by atoms with van der Waals surface area (Å²) >= 11 is 18.6. The third-order valence-corrected chi connectivity index (χ3v) is 6.77. The fourth-order valence-corrected chi connectivity index (χ4v) is 5.27. The molecule has 172 valence electrons. The van der Waals surface area contributed by atoms with Crippen LogP contribution in [0.1, 0.15) is 18.4 Å². The summed E-state index contributed by atoms with van der Waals surface area (Å²) in [6.45, 7) is 1.02. The SMILES string of the molecule is O=C(COc1cccc(/C=C2\SC(=S)N(C[C@@H]3CCCO3)C2=O)c1)Nc1cc(Cl)cc(Cl)c1. The monoisotopic (exact) mass is 522 g/mol. The van der Waals surface area contributed by atoms with E-state index < -0.39 is 0 Å². The van der Waals surface area contributed by atoms with Crippen molar-refractivity contribution < 1.29 is 19.1 Å². The van der Waals surface area contributed by atoms with Crippen LogP contribution in [0.15, 0.2) is 47.4 Å². The topological polar surface area (TPSA) is 67.9 Å². The van der Waals surface area contributed by atoms with Gasteiger partial charge in [0.25, 0.3) is 11.8 Å². The van der Waals surface area contributed by atoms with Crippen LogP contribution in [0.25, 0.3) is 6.08 Å². The number of nitrogens with one attached hydrogen (secondary N) is 1. The van der Waals surface area contributed by atoms with Crippen molar-refractivity contribution in [3.63, 3.8) is 0 Å². The van der Waals surface area contributed by atoms with Gasteiger partial charge in [-0.2, -0.15) is 0 Å². The minimum Gasteiger partial charge on any atom is -0.484 e. The molecule has 0 radical (unpaired) electrons. The number of halogens is 2. The third-order valence-electron chi connectivity index (χ3n) is 4.96. The average Bonchev–Trinajstić information content (AvgIpc) is 3.36. The summed E-state index contributed by atoms with van der Waals surface area (Å²) in [7, 11) is 0. The van der Waals surface area contributed by atoms with Crippen molar-refractivity contribution >= 4 is 75.1 Å². The number of hydrogen-bond donors (Lipinski definition) is 1. The van der Waals surface area contributed by atoms with Gasteiger partial charge in [0, 0.05) is 22.3 Å². The van der Waals surface area contributed by atoms with Gasteiger partial charge in [0.05, 0.1) is 17.6 Å². The number of hydrogen-bond acceptors (Lipinski definition) is 6. The minimum atomic E-state index is -0.353. The molecule has 2 amide bonds. The van der Waals surface area contributed by atoms with E-state index in [1.54, 1.807) is 47.4 Å². The smallest absolute Gasteiger partial charge is 0.266 e. The van der Waals surface area contributed by atoms with Gasteiger partial charge in [0.2, 0.25) is 0 Å². The van der Waals surface area contributed by atoms with Crippen molar-refractivity contribution in [3.8, 4) is 5.75 Å². The predicted molar refractivity (Wildman–Crippen MR) is 136 cm³/mol. The summed E-state index contributed by atoms with van der Waals surface area (Å²) in [4.78, 5) is 27.2. The second kappa shape index (κ2) is 10.9. The standard InChI is InChI=1S/C23H20Cl2N2O4S2/c24-15-9-16(25)11-17(10-15)26-21(28)13-31-18-4-1-3-14(7-18)8-20-22(29)27(23(32)33-20)12-19-5-2-6-30-19/h1,3-4,7-11,19H,2,5-6,12-13H2,(H,26,28)/b20-8-/t19-/m0/s1. The van der Waals surface area contributed by atoms with Crippen molar-refractivity contribution in [2.24, 2.45) is 0 Å². The van der Waals surface area contributed by atoms with Crippen molar-refractivity contribution in [1.82, 2.24) is 4.90 Å². The number of rotatable bonds is 7. The van der Waals surface area contributed by atoms with Crippen LogP contribution in [0.4, 0.5) is 5.69 Å². The first-order valence-corrected chi connectivity index (χ1v) is 12.2. The van der Waals surface area contributed by atoms with E-state index in [4.69, 9.17) is 44.9 Å². The molecule has 33 heavy (non-hydrogen) atoms. The first kappa shape index (κ1) is 24.0. The summed E-state index contributed by atoms with van der Waals surface area (Å²) < 4.78 is 11.8. The number of nitrogens with zero attached hydrogens (tertiary/aromatic N) is 1. The van der Waals surface area contributed by atoms with Crippen molar-refractivity contribution in [2.75, 3.05) is 25.1 Å². The number of thioether (sulfide) groups is 1. The van der Waals surface area contributed by atoms with Crippen LogP contribution in [-0.4, -0.2) is 46.9 Å². The number of anilines is 1. The van der Waals surface area contributed by atoms with E-state index in [1.165, 1.54) is 11.8 Å². The molecule has 2 aromatic rings. The summed E-state index contributed by atoms with van der Waals surface area (Å²) in [5, 5.41) is 3.54. The lowest BCUT2D eigenvalue weighted by atomic mass is 10.2. The van der Waals surface area contributed by atoms with Crippen LogP contribution in [-0.2, 0) is 14.3 Å². The predicted octanol–water partition coefficient (Wildman–Crippen LogP) is 5.39. The quantitative estimate of drug-likeness (QED) is 0.388. The Morgan fingerprint density at radius 1 is 1.27 bits per heavy atom. The molecule has 0 bridgehead atoms. The van der Waals surface area contributed by atoms with Crippen LogP contribution in [0.5, 0.6) is 5.75 Å². The van der Waals surface area contributed by atoms with Gasteiger partial charge in [0.1, 0.15) is 10.1 Å². The molecule has 6 nitrogen and oxygen atoms in total. The van der Waals surface area contributed by atoms with Gasteiger partial charge in [-0.25, -0.2) is 0 Å². The lowest BCUT2D eigenvalue weighted by molar-refractivity contribution is -0.123. The molecule has 2 fully saturated rings. The maximum absolute atomic E-state index is 12.8. The van der Waals surface area contributed by atoms with Gasteiger partial charge in [-0.1, -0.05) is 59.3 Å². The van der Waals surface area contributed by atoms with E-state index in [0.717, 1.165) is 25.0 Å². The first-order chi connectivity index (χ1) is 15.9. The Morgan fingerprint density at radius 2 is 2.06 bits per heavy atom. The van der Waals surface area contributed by atoms with E-state index in [-0.39, 0.29) is 24.5 Å². The Balaban J connectivity index is 1.36. The van der Waals surface area contributed by atoms with E-state index >= 15 is 0 Å². The largest absolute Gasteiger partial charge is 0.484 e. The molecule has 1 atom stereocenters. The number of thiocarbonyl (C=S) groups is 1. The maximum Gasteiger partial charge on any atom is 0.266 e. The molecule has 2 aliphatic heterocycles. The number of ether oxygens (including phenoxy) is 2. The summed E-state index contributed by atoms with van der Waals surface area (Å²) in [6, 6.07) is 11.9. The molecule has 0 aliphatic carbocycles. The van der Waals surface area contributed by atoms with Gasteiger partial charge in [-0.05, 0) is 54.8 Å². The summed E-state index contributed by atoms with van der Waals surface area (Å²) in [5.74, 6) is 0.0259. The van der Waals surface area contributed by atoms with E-state index in [0.29, 0.717) is 37.3 Å². The summed E-state index contributed by atoms with van der Waals surface area (Å²) in [5.41, 5.74) is 1.26. The molecule has 10 heteroatoms. The first-order valence-electron chi connectivity index (χ1n) is 10.2. The second-order valence-electron chi connectivity index (χ2n) is 7.49. The maximum atomic E-state index is 12.8. The molecule has 2 saturated heterocycles. The Labute approximate surface area is 211 Å². The second-order valence-corrected chi connectivity index (χ2v) is 10.0. The van der Waals surface area contributed by atoms with Crippen LogP contribution in [0, 0.1) is 0 Å². The zero-order valence-electron chi connectivity index (χ0n) is 17.4. The average molecular weight is 523 g/mol. The molecule has 2 aromatic carbocycles. The van der Waals surface area contributed by atoms with E-state index in [2.05, 4.69) is 5.32 Å². The minimum absolute atomic E-state index is 0.0395. The Hall–Kier alpha value is -2.10. The fourth-order valence-electron chi connectivity index (χ4n) is 3.47. The highest BCUT2D eigenvalue weighted by Crippen LogP contribution is 2.34. The van der Waals surface area contributed by atoms with Gasteiger partial charge in [-0.15, -0.1) is 0 Å². The Bertz CT molecular complexity index is 1100. The number of amides is 2. The van der Waals surface area contributed by atoms with Gasteiger partial charge in [0.15, 0.2) is 6.61 Å². The highest BCUT2D eigenvalue weighted by atomic mass is 35.5. The molecular weight excluding hydrogens is 503 g/mol. The van der Waals surface area contributed by atoms with Gasteiger partial charge >= 0.3 is 0 Å². The molecule has 1 N–H and O–H groups in total. The number of carbonyl (C=O) groups excluding carboxylic acids is 2. The zero-order chi connectivity index (χ0) is 23.4. The van der Waals surface area contributed by atoms with Crippen LogP contribution < -0.4 is 10.1 Å². The molecule has 2 aliphatic rings. The molecule has 0 aromatic heterocycles. The molecule has 0 saturated carbocycles. The van der Waals surface area contributed by atoms with Crippen molar-refractivity contribution in [2.45, 2.75) is 18.9 Å². The van der Waals surface area contributed by atoms with Crippen molar-refractivity contribution in [3.05, 3.63) is 63.0 Å². The van der Waals surface area contributed by atoms with Crippen LogP contribution in [0.2, 0.25) is 10.0 Å². The van der Waals surface area contributed by atoms with Crippen molar-refractivity contribution in [1.29, 1.82) is 0 Å². The molecular formula is C23H20Cl2N2O4S2. The lowest BCUT2D eigenvalue weighted by Gasteiger charge is -2.18. The normalized spacial score (nSPS) is 19.4. The number of carbonyl (C=O) groups is 2. The summed E-state index contributed by atoms with van der Waals surface area (Å²) in [6.07, 6.45) is 3.76. The molecule has 4 rings (SSSR count). The Morgan fingerprint density at radius 3 is 2.79 bits per heavy atom. The third kappa shape index (κ3) is 6.49. The molecule has 0 spiro atoms. The van der Waals surface area contributed by atoms with E-state index in [1.807, 2.05) is 6.07 Å². The van der Waals surface area contributed by atoms with Gasteiger partial charge in [-0.3, -0.25) is 14.5 Å². The highest BCUT2D eigenvalue weighted by Gasteiger charge is 2.34. The zero-order valence-corrected chi connectivity index (χ0v) is 20.5.